The molecule has 1 aromatic rings. The molecule has 1 aromatic carbocycles. The van der Waals surface area contributed by atoms with Crippen molar-refractivity contribution in [1.29, 1.82) is 0 Å². The molecule has 0 aliphatic carbocycles. The highest BCUT2D eigenvalue weighted by molar-refractivity contribution is 6.38. The van der Waals surface area contributed by atoms with Gasteiger partial charge in [0, 0.05) is 32.7 Å². The van der Waals surface area contributed by atoms with Gasteiger partial charge >= 0.3 is 17.9 Å². The Morgan fingerprint density at radius 3 is 1.89 bits per heavy atom. The number of benzene rings is 1. The van der Waals surface area contributed by atoms with E-state index in [9.17, 15) is 57.8 Å². The molecule has 21 nitrogen and oxygen atoms in total. The highest BCUT2D eigenvalue weighted by Crippen LogP contribution is 2.23. The quantitative estimate of drug-likeness (QED) is 0.0534. The SMILES string of the molecule is CCCC(NC(=O)[C@@H]1CCCN1C(=O)[C@@H](NC(=O)[C@](C)(Cc1ccccc1)NC(=O)[C@H](CCC(=O)O)NC(=O)[C@H](CCC(=O)O)NC(C)=O)C(C)C)C(=O)C(=O)NCC(=O)O. The minimum Gasteiger partial charge on any atom is -0.481 e. The van der Waals surface area contributed by atoms with E-state index in [-0.39, 0.29) is 32.2 Å². The zero-order valence-electron chi connectivity index (χ0n) is 34.9. The molecule has 1 aliphatic rings. The van der Waals surface area contributed by atoms with Crippen LogP contribution in [0.3, 0.4) is 0 Å². The third-order valence-electron chi connectivity index (χ3n) is 9.81. The van der Waals surface area contributed by atoms with Crippen molar-refractivity contribution in [1.82, 2.24) is 36.8 Å². The monoisotopic (exact) mass is 859 g/mol. The van der Waals surface area contributed by atoms with Crippen LogP contribution < -0.4 is 31.9 Å². The maximum Gasteiger partial charge on any atom is 0.322 e. The van der Waals surface area contributed by atoms with Gasteiger partial charge in [0.05, 0.1) is 6.04 Å². The van der Waals surface area contributed by atoms with E-state index in [0.29, 0.717) is 18.4 Å². The van der Waals surface area contributed by atoms with Gasteiger partial charge in [0.1, 0.15) is 36.3 Å². The van der Waals surface area contributed by atoms with E-state index in [1.54, 1.807) is 51.1 Å². The number of carbonyl (C=O) groups excluding carboxylic acids is 8. The highest BCUT2D eigenvalue weighted by atomic mass is 16.4. The van der Waals surface area contributed by atoms with Crippen LogP contribution in [0.2, 0.25) is 0 Å². The fraction of sp³-hybridized carbons (Fsp3) is 0.575. The first-order valence-corrected chi connectivity index (χ1v) is 19.9. The number of Topliss-reactive ketones (excluding diaryl/α,β-unsaturated/α-hetero) is 1. The standard InChI is InChI=1S/C40H57N7O14/c1-6-11-25(33(55)37(59)41-21-31(53)54)43-36(58)28-14-10-19-47(28)38(60)32(22(2)3)45-39(61)40(5,20-24-12-8-7-9-13-24)46-35(57)27(16-18-30(51)52)44-34(56)26(42-23(4)48)15-17-29(49)50/h7-9,12-13,22,25-28,32H,6,10-11,14-21H2,1-5H3,(H,41,59)(H,42,48)(H,43,58)(H,44,56)(H,45,61)(H,46,57)(H,49,50)(H,51,52)(H,53,54)/t25?,26-,27-,28-,32-,40-/m0/s1. The topological polar surface area (TPSA) is 324 Å². The van der Waals surface area contributed by atoms with E-state index in [1.807, 2.05) is 5.32 Å². The second-order valence-electron chi connectivity index (χ2n) is 15.3. The number of likely N-dealkylation sites (tertiary alicyclic amines) is 1. The summed E-state index contributed by atoms with van der Waals surface area (Å²) in [6, 6.07) is 1.75. The molecule has 7 amide bonds. The van der Waals surface area contributed by atoms with Gasteiger partial charge in [-0.1, -0.05) is 57.5 Å². The summed E-state index contributed by atoms with van der Waals surface area (Å²) in [5.74, 6) is -11.7. The summed E-state index contributed by atoms with van der Waals surface area (Å²) in [5.41, 5.74) is -1.32. The normalized spacial score (nSPS) is 16.4. The minimum absolute atomic E-state index is 0.0452. The fourth-order valence-corrected chi connectivity index (χ4v) is 6.66. The van der Waals surface area contributed by atoms with E-state index in [4.69, 9.17) is 10.2 Å². The summed E-state index contributed by atoms with van der Waals surface area (Å²) >= 11 is 0. The Morgan fingerprint density at radius 2 is 1.36 bits per heavy atom. The molecule has 1 saturated heterocycles. The number of hydrogen-bond donors (Lipinski definition) is 9. The van der Waals surface area contributed by atoms with Crippen LogP contribution >= 0.6 is 0 Å². The Morgan fingerprint density at radius 1 is 0.770 bits per heavy atom. The Hall–Kier alpha value is -6.41. The van der Waals surface area contributed by atoms with Crippen molar-refractivity contribution in [2.75, 3.05) is 13.1 Å². The van der Waals surface area contributed by atoms with Gasteiger partial charge in [-0.25, -0.2) is 0 Å². The summed E-state index contributed by atoms with van der Waals surface area (Å²) in [5, 5.41) is 42.0. The number of rotatable bonds is 25. The van der Waals surface area contributed by atoms with Gasteiger partial charge in [-0.3, -0.25) is 52.7 Å². The number of nitrogens with one attached hydrogen (secondary N) is 6. The third kappa shape index (κ3) is 16.3. The number of carboxylic acids is 3. The van der Waals surface area contributed by atoms with Crippen molar-refractivity contribution in [2.45, 2.75) is 128 Å². The second kappa shape index (κ2) is 24.0. The minimum atomic E-state index is -1.88. The number of nitrogens with zero attached hydrogens (tertiary/aromatic N) is 1. The van der Waals surface area contributed by atoms with Crippen LogP contribution in [0, 0.1) is 5.92 Å². The molecule has 0 aromatic heterocycles. The van der Waals surface area contributed by atoms with E-state index in [1.165, 1.54) is 11.8 Å². The number of ketones is 1. The van der Waals surface area contributed by atoms with Crippen LogP contribution in [0.5, 0.6) is 0 Å². The smallest absolute Gasteiger partial charge is 0.322 e. The van der Waals surface area contributed by atoms with Gasteiger partial charge in [-0.15, -0.1) is 0 Å². The number of carbonyl (C=O) groups is 11. The van der Waals surface area contributed by atoms with Gasteiger partial charge in [-0.05, 0) is 50.5 Å². The Labute approximate surface area is 352 Å². The maximum absolute atomic E-state index is 14.4. The molecule has 0 bridgehead atoms. The second-order valence-corrected chi connectivity index (χ2v) is 15.3. The summed E-state index contributed by atoms with van der Waals surface area (Å²) in [7, 11) is 0. The average Bonchev–Trinajstić information content (AvgIpc) is 3.68. The van der Waals surface area contributed by atoms with Crippen molar-refractivity contribution in [3.63, 3.8) is 0 Å². The van der Waals surface area contributed by atoms with Crippen molar-refractivity contribution in [3.8, 4) is 0 Å². The summed E-state index contributed by atoms with van der Waals surface area (Å²) in [4.78, 5) is 141. The lowest BCUT2D eigenvalue weighted by atomic mass is 9.89. The van der Waals surface area contributed by atoms with Crippen LogP contribution in [0.1, 0.15) is 91.5 Å². The van der Waals surface area contributed by atoms with Crippen LogP contribution in [-0.4, -0.2) is 134 Å². The molecule has 1 fully saturated rings. The molecule has 1 aliphatic heterocycles. The molecular formula is C40H57N7O14. The Bertz CT molecular complexity index is 1810. The molecule has 0 saturated carbocycles. The van der Waals surface area contributed by atoms with E-state index in [0.717, 1.165) is 6.92 Å². The zero-order chi connectivity index (χ0) is 46.0. The molecule has 2 rings (SSSR count). The summed E-state index contributed by atoms with van der Waals surface area (Å²) in [6.45, 7) is 6.73. The molecule has 6 atom stereocenters. The average molecular weight is 860 g/mol. The number of carboxylic acid groups (broad SMARTS) is 3. The highest BCUT2D eigenvalue weighted by Gasteiger charge is 2.44. The van der Waals surface area contributed by atoms with Crippen molar-refractivity contribution in [3.05, 3.63) is 35.9 Å². The van der Waals surface area contributed by atoms with Crippen LogP contribution in [0.15, 0.2) is 30.3 Å². The summed E-state index contributed by atoms with van der Waals surface area (Å²) < 4.78 is 0. The maximum atomic E-state index is 14.4. The molecule has 336 valence electrons. The lowest BCUT2D eigenvalue weighted by Gasteiger charge is -2.36. The number of aliphatic carboxylic acids is 3. The third-order valence-corrected chi connectivity index (χ3v) is 9.81. The lowest BCUT2D eigenvalue weighted by Crippen LogP contribution is -2.65. The number of amides is 7. The van der Waals surface area contributed by atoms with Gasteiger partial charge in [0.25, 0.3) is 5.91 Å². The molecule has 21 heteroatoms. The lowest BCUT2D eigenvalue weighted by molar-refractivity contribution is -0.145. The van der Waals surface area contributed by atoms with Crippen molar-refractivity contribution >= 4 is 65.0 Å². The predicted molar refractivity (Wildman–Crippen MR) is 214 cm³/mol. The fourth-order valence-electron chi connectivity index (χ4n) is 6.66. The van der Waals surface area contributed by atoms with Crippen LogP contribution in [0.4, 0.5) is 0 Å². The predicted octanol–water partition coefficient (Wildman–Crippen LogP) is -0.990. The van der Waals surface area contributed by atoms with Crippen LogP contribution in [0.25, 0.3) is 0 Å². The molecule has 9 N–H and O–H groups in total. The zero-order valence-corrected chi connectivity index (χ0v) is 34.9. The van der Waals surface area contributed by atoms with Crippen molar-refractivity contribution in [2.24, 2.45) is 5.92 Å². The molecule has 1 heterocycles. The van der Waals surface area contributed by atoms with Crippen molar-refractivity contribution < 1.29 is 68.1 Å². The summed E-state index contributed by atoms with van der Waals surface area (Å²) in [6.07, 6.45) is -1.15. The first kappa shape index (κ1) is 50.7. The van der Waals surface area contributed by atoms with Gasteiger partial charge in [-0.2, -0.15) is 0 Å². The molecular weight excluding hydrogens is 802 g/mol. The Balaban J connectivity index is 2.42. The molecule has 0 radical (unpaired) electrons. The van der Waals surface area contributed by atoms with Crippen LogP contribution in [-0.2, 0) is 59.2 Å². The molecule has 61 heavy (non-hydrogen) atoms. The number of hydrogen-bond acceptors (Lipinski definition) is 11. The van der Waals surface area contributed by atoms with Gasteiger partial charge in [0.2, 0.25) is 41.2 Å². The first-order chi connectivity index (χ1) is 28.6. The first-order valence-electron chi connectivity index (χ1n) is 19.9. The van der Waals surface area contributed by atoms with Gasteiger partial charge < -0.3 is 52.1 Å². The Kier molecular flexibility index (Phi) is 20.0. The van der Waals surface area contributed by atoms with Gasteiger partial charge in [0.15, 0.2) is 0 Å². The van der Waals surface area contributed by atoms with E-state index in [2.05, 4.69) is 26.6 Å². The van der Waals surface area contributed by atoms with E-state index < -0.39 is 133 Å². The molecule has 0 spiro atoms. The molecule has 1 unspecified atom stereocenters. The van der Waals surface area contributed by atoms with E-state index >= 15 is 0 Å². The largest absolute Gasteiger partial charge is 0.481 e.